The van der Waals surface area contributed by atoms with Crippen molar-refractivity contribution < 1.29 is 5.11 Å². The van der Waals surface area contributed by atoms with Gasteiger partial charge < -0.3 is 10.0 Å². The molecule has 1 heterocycles. The molecule has 1 aromatic carbocycles. The number of aryl methyl sites for hydroxylation is 1. The van der Waals surface area contributed by atoms with Crippen molar-refractivity contribution in [2.24, 2.45) is 0 Å². The molecule has 3 heteroatoms. The average molecular weight is 244 g/mol. The lowest BCUT2D eigenvalue weighted by molar-refractivity contribution is 0.0481. The smallest absolute Gasteiger partial charge is 0.101 e. The summed E-state index contributed by atoms with van der Waals surface area (Å²) >= 11 is 0. The second kappa shape index (κ2) is 4.99. The topological polar surface area (TPSA) is 47.3 Å². The molecule has 1 N–H and O–H groups in total. The summed E-state index contributed by atoms with van der Waals surface area (Å²) in [5, 5.41) is 19.3. The lowest BCUT2D eigenvalue weighted by atomic mass is 9.98. The number of nitriles is 1. The van der Waals surface area contributed by atoms with Crippen LogP contribution in [0, 0.1) is 18.3 Å². The molecular weight excluding hydrogens is 224 g/mol. The average Bonchev–Trinajstić information content (AvgIpc) is 2.50. The van der Waals surface area contributed by atoms with E-state index in [9.17, 15) is 10.4 Å². The van der Waals surface area contributed by atoms with Gasteiger partial charge in [-0.25, -0.2) is 0 Å². The molecule has 0 saturated carbocycles. The van der Waals surface area contributed by atoms with Gasteiger partial charge in [0.2, 0.25) is 0 Å². The van der Waals surface area contributed by atoms with Crippen LogP contribution in [-0.4, -0.2) is 23.8 Å². The summed E-state index contributed by atoms with van der Waals surface area (Å²) in [5.41, 5.74) is 2.28. The molecule has 0 aliphatic carbocycles. The first-order valence-electron chi connectivity index (χ1n) is 6.50. The summed E-state index contributed by atoms with van der Waals surface area (Å²) in [6.45, 7) is 5.62. The second-order valence-corrected chi connectivity index (χ2v) is 5.47. The van der Waals surface area contributed by atoms with E-state index in [0.717, 1.165) is 49.2 Å². The van der Waals surface area contributed by atoms with Crippen molar-refractivity contribution in [2.75, 3.05) is 18.0 Å². The standard InChI is InChI=1S/C15H20N2O/c1-12-4-5-14(13(10-12)11-16)17-8-3-6-15(2,18)7-9-17/h4-5,10,18H,3,6-9H2,1-2H3. The third-order valence-electron chi connectivity index (χ3n) is 3.68. The van der Waals surface area contributed by atoms with E-state index in [4.69, 9.17) is 0 Å². The highest BCUT2D eigenvalue weighted by Gasteiger charge is 2.25. The predicted octanol–water partition coefficient (Wildman–Crippen LogP) is 2.61. The van der Waals surface area contributed by atoms with Crippen molar-refractivity contribution in [2.45, 2.75) is 38.7 Å². The molecule has 1 atom stereocenters. The monoisotopic (exact) mass is 244 g/mol. The SMILES string of the molecule is Cc1ccc(N2CCCC(C)(O)CC2)c(C#N)c1. The molecule has 2 rings (SSSR count). The van der Waals surface area contributed by atoms with E-state index in [-0.39, 0.29) is 0 Å². The summed E-state index contributed by atoms with van der Waals surface area (Å²) in [6.07, 6.45) is 2.55. The first kappa shape index (κ1) is 12.9. The number of hydrogen-bond acceptors (Lipinski definition) is 3. The van der Waals surface area contributed by atoms with Gasteiger partial charge in [0.25, 0.3) is 0 Å². The molecule has 1 aliphatic rings. The van der Waals surface area contributed by atoms with E-state index in [1.54, 1.807) is 0 Å². The highest BCUT2D eigenvalue weighted by atomic mass is 16.3. The van der Waals surface area contributed by atoms with Gasteiger partial charge in [0.1, 0.15) is 6.07 Å². The summed E-state index contributed by atoms with van der Waals surface area (Å²) < 4.78 is 0. The number of anilines is 1. The maximum Gasteiger partial charge on any atom is 0.101 e. The van der Waals surface area contributed by atoms with Gasteiger partial charge in [0, 0.05) is 13.1 Å². The van der Waals surface area contributed by atoms with E-state index in [1.807, 2.05) is 32.0 Å². The lowest BCUT2D eigenvalue weighted by Gasteiger charge is -2.25. The van der Waals surface area contributed by atoms with Gasteiger partial charge in [-0.15, -0.1) is 0 Å². The number of benzene rings is 1. The van der Waals surface area contributed by atoms with Crippen LogP contribution >= 0.6 is 0 Å². The van der Waals surface area contributed by atoms with E-state index >= 15 is 0 Å². The number of hydrogen-bond donors (Lipinski definition) is 1. The van der Waals surface area contributed by atoms with Crippen molar-refractivity contribution in [3.63, 3.8) is 0 Å². The Labute approximate surface area is 109 Å². The third-order valence-corrected chi connectivity index (χ3v) is 3.68. The molecule has 0 spiro atoms. The van der Waals surface area contributed by atoms with Gasteiger partial charge >= 0.3 is 0 Å². The molecule has 0 aromatic heterocycles. The second-order valence-electron chi connectivity index (χ2n) is 5.47. The zero-order valence-corrected chi connectivity index (χ0v) is 11.1. The molecule has 1 aliphatic heterocycles. The molecule has 1 aromatic rings. The zero-order valence-electron chi connectivity index (χ0n) is 11.1. The van der Waals surface area contributed by atoms with Crippen LogP contribution in [0.15, 0.2) is 18.2 Å². The fourth-order valence-corrected chi connectivity index (χ4v) is 2.52. The van der Waals surface area contributed by atoms with Gasteiger partial charge in [0.15, 0.2) is 0 Å². The molecule has 1 fully saturated rings. The zero-order chi connectivity index (χ0) is 13.2. The lowest BCUT2D eigenvalue weighted by Crippen LogP contribution is -2.28. The van der Waals surface area contributed by atoms with Crippen LogP contribution in [-0.2, 0) is 0 Å². The molecule has 3 nitrogen and oxygen atoms in total. The number of aliphatic hydroxyl groups is 1. The molecule has 0 amide bonds. The normalized spacial score (nSPS) is 24.4. The summed E-state index contributed by atoms with van der Waals surface area (Å²) in [5.74, 6) is 0. The minimum atomic E-state index is -0.563. The van der Waals surface area contributed by atoms with Crippen molar-refractivity contribution >= 4 is 5.69 Å². The Morgan fingerprint density at radius 2 is 2.11 bits per heavy atom. The molecule has 1 saturated heterocycles. The maximum atomic E-state index is 10.1. The van der Waals surface area contributed by atoms with Crippen molar-refractivity contribution in [3.05, 3.63) is 29.3 Å². The quantitative estimate of drug-likeness (QED) is 0.826. The van der Waals surface area contributed by atoms with Gasteiger partial charge in [-0.05, 0) is 50.8 Å². The molecular formula is C15H20N2O. The molecule has 96 valence electrons. The van der Waals surface area contributed by atoms with E-state index < -0.39 is 5.60 Å². The molecule has 0 radical (unpaired) electrons. The van der Waals surface area contributed by atoms with Gasteiger partial charge in [-0.2, -0.15) is 5.26 Å². The summed E-state index contributed by atoms with van der Waals surface area (Å²) in [7, 11) is 0. The highest BCUT2D eigenvalue weighted by molar-refractivity contribution is 5.60. The Morgan fingerprint density at radius 1 is 1.33 bits per heavy atom. The minimum absolute atomic E-state index is 0.563. The van der Waals surface area contributed by atoms with Crippen LogP contribution in [0.1, 0.15) is 37.3 Å². The first-order valence-corrected chi connectivity index (χ1v) is 6.50. The number of rotatable bonds is 1. The Balaban J connectivity index is 2.24. The van der Waals surface area contributed by atoms with E-state index in [0.29, 0.717) is 0 Å². The first-order chi connectivity index (χ1) is 8.52. The Bertz CT molecular complexity index is 474. The number of nitrogens with zero attached hydrogens (tertiary/aromatic N) is 2. The highest BCUT2D eigenvalue weighted by Crippen LogP contribution is 2.27. The van der Waals surface area contributed by atoms with Crippen molar-refractivity contribution in [3.8, 4) is 6.07 Å². The molecule has 1 unspecified atom stereocenters. The Hall–Kier alpha value is -1.53. The van der Waals surface area contributed by atoms with Crippen LogP contribution in [0.2, 0.25) is 0 Å². The van der Waals surface area contributed by atoms with Crippen molar-refractivity contribution in [1.82, 2.24) is 0 Å². The molecule has 18 heavy (non-hydrogen) atoms. The van der Waals surface area contributed by atoms with Crippen LogP contribution in [0.4, 0.5) is 5.69 Å². The predicted molar refractivity (Wildman–Crippen MR) is 72.6 cm³/mol. The van der Waals surface area contributed by atoms with Crippen LogP contribution in [0.5, 0.6) is 0 Å². The molecule has 0 bridgehead atoms. The van der Waals surface area contributed by atoms with E-state index in [2.05, 4.69) is 11.0 Å². The van der Waals surface area contributed by atoms with E-state index in [1.165, 1.54) is 0 Å². The minimum Gasteiger partial charge on any atom is -0.390 e. The van der Waals surface area contributed by atoms with Crippen LogP contribution in [0.3, 0.4) is 0 Å². The van der Waals surface area contributed by atoms with Gasteiger partial charge in [-0.1, -0.05) is 6.07 Å². The fourth-order valence-electron chi connectivity index (χ4n) is 2.52. The van der Waals surface area contributed by atoms with Gasteiger partial charge in [-0.3, -0.25) is 0 Å². The summed E-state index contributed by atoms with van der Waals surface area (Å²) in [4.78, 5) is 2.22. The van der Waals surface area contributed by atoms with Crippen LogP contribution < -0.4 is 4.90 Å². The maximum absolute atomic E-state index is 10.1. The fraction of sp³-hybridized carbons (Fsp3) is 0.533. The van der Waals surface area contributed by atoms with Gasteiger partial charge in [0.05, 0.1) is 16.9 Å². The Kier molecular flexibility index (Phi) is 3.58. The Morgan fingerprint density at radius 3 is 2.83 bits per heavy atom. The van der Waals surface area contributed by atoms with Crippen molar-refractivity contribution in [1.29, 1.82) is 5.26 Å². The summed E-state index contributed by atoms with van der Waals surface area (Å²) in [6, 6.07) is 8.26. The van der Waals surface area contributed by atoms with Crippen LogP contribution in [0.25, 0.3) is 0 Å². The largest absolute Gasteiger partial charge is 0.390 e. The third kappa shape index (κ3) is 2.83.